The third kappa shape index (κ3) is 5.06. The van der Waals surface area contributed by atoms with Crippen LogP contribution in [0.1, 0.15) is 36.9 Å². The molecule has 0 saturated carbocycles. The molecule has 1 aromatic heterocycles. The number of aryl methyl sites for hydroxylation is 1. The Balaban J connectivity index is 1.72. The van der Waals surface area contributed by atoms with Gasteiger partial charge >= 0.3 is 0 Å². The van der Waals surface area contributed by atoms with E-state index >= 15 is 0 Å². The summed E-state index contributed by atoms with van der Waals surface area (Å²) in [7, 11) is 1.54. The van der Waals surface area contributed by atoms with Crippen molar-refractivity contribution in [3.05, 3.63) is 84.0 Å². The first-order chi connectivity index (χ1) is 17.0. The second kappa shape index (κ2) is 10.9. The first-order valence-electron chi connectivity index (χ1n) is 11.7. The van der Waals surface area contributed by atoms with Crippen molar-refractivity contribution in [2.75, 3.05) is 20.3 Å². The lowest BCUT2D eigenvalue weighted by molar-refractivity contribution is -0.140. The van der Waals surface area contributed by atoms with Gasteiger partial charge in [-0.15, -0.1) is 0 Å². The van der Waals surface area contributed by atoms with Crippen LogP contribution < -0.4 is 9.47 Å². The molecule has 1 atom stereocenters. The van der Waals surface area contributed by atoms with Crippen molar-refractivity contribution < 1.29 is 24.2 Å². The summed E-state index contributed by atoms with van der Waals surface area (Å²) in [5.41, 5.74) is 1.12. The lowest BCUT2D eigenvalue weighted by atomic mass is 9.94. The second-order valence-corrected chi connectivity index (χ2v) is 8.26. The minimum absolute atomic E-state index is 0.0457. The molecular weight excluding hydrogens is 446 g/mol. The van der Waals surface area contributed by atoms with Crippen molar-refractivity contribution in [2.45, 2.75) is 32.4 Å². The van der Waals surface area contributed by atoms with Gasteiger partial charge in [0.05, 0.1) is 31.7 Å². The Bertz CT molecular complexity index is 1200. The Labute approximate surface area is 204 Å². The number of hydrogen-bond acceptors (Lipinski definition) is 6. The molecule has 1 amide bonds. The fourth-order valence-electron chi connectivity index (χ4n) is 4.25. The number of hydrogen-bond donors (Lipinski definition) is 1. The topological polar surface area (TPSA) is 93.9 Å². The lowest BCUT2D eigenvalue weighted by Gasteiger charge is -2.26. The van der Waals surface area contributed by atoms with Gasteiger partial charge in [0.25, 0.3) is 11.7 Å². The maximum atomic E-state index is 13.2. The summed E-state index contributed by atoms with van der Waals surface area (Å²) in [4.78, 5) is 31.9. The van der Waals surface area contributed by atoms with E-state index in [4.69, 9.17) is 9.47 Å². The number of benzene rings is 2. The summed E-state index contributed by atoms with van der Waals surface area (Å²) < 4.78 is 13.1. The van der Waals surface area contributed by atoms with E-state index in [0.29, 0.717) is 48.7 Å². The van der Waals surface area contributed by atoms with E-state index in [2.05, 4.69) is 4.98 Å². The second-order valence-electron chi connectivity index (χ2n) is 8.26. The number of Topliss-reactive ketones (excluding diaryl/α,β-unsaturated/α-hetero) is 1. The number of methoxy groups -OCH3 is 1. The SMILES string of the molecule is CCCOc1ccc(/C(O)=C2\C(=O)C(=O)N(CCCn3ccnc3)[C@H]2c2ccccc2OC)cc1. The molecule has 182 valence electrons. The van der Waals surface area contributed by atoms with Gasteiger partial charge in [-0.25, -0.2) is 4.98 Å². The molecule has 8 nitrogen and oxygen atoms in total. The smallest absolute Gasteiger partial charge is 0.295 e. The quantitative estimate of drug-likeness (QED) is 0.268. The van der Waals surface area contributed by atoms with Crippen molar-refractivity contribution in [3.8, 4) is 11.5 Å². The van der Waals surface area contributed by atoms with E-state index in [1.165, 1.54) is 4.90 Å². The average Bonchev–Trinajstić information content (AvgIpc) is 3.49. The molecule has 1 aliphatic heterocycles. The number of aromatic nitrogens is 2. The summed E-state index contributed by atoms with van der Waals surface area (Å²) in [6.45, 7) is 3.57. The number of ether oxygens (including phenoxy) is 2. The fourth-order valence-corrected chi connectivity index (χ4v) is 4.25. The highest BCUT2D eigenvalue weighted by Gasteiger charge is 2.46. The number of likely N-dealkylation sites (tertiary alicyclic amines) is 1. The monoisotopic (exact) mass is 475 g/mol. The van der Waals surface area contributed by atoms with Crippen molar-refractivity contribution in [1.82, 2.24) is 14.5 Å². The van der Waals surface area contributed by atoms with Crippen molar-refractivity contribution in [3.63, 3.8) is 0 Å². The van der Waals surface area contributed by atoms with E-state index in [1.807, 2.05) is 35.9 Å². The van der Waals surface area contributed by atoms with Crippen molar-refractivity contribution >= 4 is 17.4 Å². The highest BCUT2D eigenvalue weighted by atomic mass is 16.5. The third-order valence-corrected chi connectivity index (χ3v) is 5.95. The average molecular weight is 476 g/mol. The molecule has 0 aliphatic carbocycles. The Morgan fingerprint density at radius 2 is 1.86 bits per heavy atom. The van der Waals surface area contributed by atoms with Gasteiger partial charge in [-0.1, -0.05) is 25.1 Å². The zero-order valence-corrected chi connectivity index (χ0v) is 19.9. The van der Waals surface area contributed by atoms with Crippen LogP contribution in [0.2, 0.25) is 0 Å². The first-order valence-corrected chi connectivity index (χ1v) is 11.7. The molecular formula is C27H29N3O5. The largest absolute Gasteiger partial charge is 0.507 e. The number of para-hydroxylation sites is 1. The number of amides is 1. The molecule has 2 aromatic carbocycles. The molecule has 1 fully saturated rings. The van der Waals surface area contributed by atoms with Crippen LogP contribution in [0, 0.1) is 0 Å². The minimum Gasteiger partial charge on any atom is -0.507 e. The van der Waals surface area contributed by atoms with Crippen LogP contribution in [0.4, 0.5) is 0 Å². The number of imidazole rings is 1. The Morgan fingerprint density at radius 1 is 1.09 bits per heavy atom. The Kier molecular flexibility index (Phi) is 7.50. The Morgan fingerprint density at radius 3 is 2.54 bits per heavy atom. The molecule has 0 spiro atoms. The van der Waals surface area contributed by atoms with Crippen LogP contribution in [-0.2, 0) is 16.1 Å². The van der Waals surface area contributed by atoms with E-state index < -0.39 is 17.7 Å². The van der Waals surface area contributed by atoms with E-state index in [1.54, 1.807) is 50.0 Å². The number of nitrogens with zero attached hydrogens (tertiary/aromatic N) is 3. The van der Waals surface area contributed by atoms with Crippen LogP contribution in [-0.4, -0.2) is 51.5 Å². The number of ketones is 1. The summed E-state index contributed by atoms with van der Waals surface area (Å²) >= 11 is 0. The Hall–Kier alpha value is -4.07. The third-order valence-electron chi connectivity index (χ3n) is 5.95. The molecule has 2 heterocycles. The fraction of sp³-hybridized carbons (Fsp3) is 0.296. The minimum atomic E-state index is -0.773. The molecule has 0 bridgehead atoms. The van der Waals surface area contributed by atoms with E-state index in [0.717, 1.165) is 6.42 Å². The van der Waals surface area contributed by atoms with E-state index in [-0.39, 0.29) is 11.3 Å². The van der Waals surface area contributed by atoms with Gasteiger partial charge < -0.3 is 24.0 Å². The highest BCUT2D eigenvalue weighted by molar-refractivity contribution is 6.46. The van der Waals surface area contributed by atoms with Crippen LogP contribution in [0.3, 0.4) is 0 Å². The standard InChI is InChI=1S/C27H29N3O5/c1-3-17-35-20-11-9-19(10-12-20)25(31)23-24(21-7-4-5-8-22(21)34-2)30(27(33)26(23)32)15-6-14-29-16-13-28-18-29/h4-5,7-13,16,18,24,31H,3,6,14-15,17H2,1-2H3/b25-23+/t24-/m0/s1. The number of carbonyl (C=O) groups excluding carboxylic acids is 2. The zero-order valence-electron chi connectivity index (χ0n) is 19.9. The molecule has 35 heavy (non-hydrogen) atoms. The van der Waals surface area contributed by atoms with Crippen LogP contribution in [0.5, 0.6) is 11.5 Å². The highest BCUT2D eigenvalue weighted by Crippen LogP contribution is 2.42. The molecule has 1 saturated heterocycles. The van der Waals surface area contributed by atoms with Gasteiger partial charge in [-0.05, 0) is 43.2 Å². The van der Waals surface area contributed by atoms with Gasteiger partial charge in [-0.3, -0.25) is 9.59 Å². The van der Waals surface area contributed by atoms with Gasteiger partial charge in [0.15, 0.2) is 0 Å². The molecule has 0 radical (unpaired) electrons. The summed E-state index contributed by atoms with van der Waals surface area (Å²) in [5, 5.41) is 11.3. The maximum Gasteiger partial charge on any atom is 0.295 e. The van der Waals surface area contributed by atoms with Crippen LogP contribution in [0.15, 0.2) is 72.8 Å². The maximum absolute atomic E-state index is 13.2. The number of aliphatic hydroxyl groups excluding tert-OH is 1. The summed E-state index contributed by atoms with van der Waals surface area (Å²) in [5.74, 6) is -0.375. The van der Waals surface area contributed by atoms with Gasteiger partial charge in [0.1, 0.15) is 17.3 Å². The molecule has 0 unspecified atom stereocenters. The molecule has 1 aliphatic rings. The van der Waals surface area contributed by atoms with Crippen LogP contribution >= 0.6 is 0 Å². The molecule has 3 aromatic rings. The normalized spacial score (nSPS) is 17.1. The predicted molar refractivity (Wildman–Crippen MR) is 131 cm³/mol. The summed E-state index contributed by atoms with van der Waals surface area (Å²) in [6, 6.07) is 13.3. The van der Waals surface area contributed by atoms with Gasteiger partial charge in [-0.2, -0.15) is 0 Å². The van der Waals surface area contributed by atoms with Gasteiger partial charge in [0, 0.05) is 36.6 Å². The molecule has 1 N–H and O–H groups in total. The summed E-state index contributed by atoms with van der Waals surface area (Å²) in [6.07, 6.45) is 6.74. The number of carbonyl (C=O) groups is 2. The first kappa shape index (κ1) is 24.1. The van der Waals surface area contributed by atoms with Crippen molar-refractivity contribution in [1.29, 1.82) is 0 Å². The van der Waals surface area contributed by atoms with Crippen molar-refractivity contribution in [2.24, 2.45) is 0 Å². The lowest BCUT2D eigenvalue weighted by Crippen LogP contribution is -2.31. The van der Waals surface area contributed by atoms with Gasteiger partial charge in [0.2, 0.25) is 0 Å². The zero-order chi connectivity index (χ0) is 24.8. The number of rotatable bonds is 10. The van der Waals surface area contributed by atoms with Crippen LogP contribution in [0.25, 0.3) is 5.76 Å². The van der Waals surface area contributed by atoms with E-state index in [9.17, 15) is 14.7 Å². The predicted octanol–water partition coefficient (Wildman–Crippen LogP) is 4.19. The number of aliphatic hydroxyl groups is 1. The molecule has 8 heteroatoms. The molecule has 4 rings (SSSR count).